The number of aromatic hydroxyl groups is 1. The molecule has 4 rings (SSSR count). The van der Waals surface area contributed by atoms with Crippen LogP contribution in [0.1, 0.15) is 30.2 Å². The van der Waals surface area contributed by atoms with Crippen molar-refractivity contribution in [1.29, 1.82) is 0 Å². The Kier molecular flexibility index (Phi) is 4.69. The summed E-state index contributed by atoms with van der Waals surface area (Å²) in [6.45, 7) is 2.37. The van der Waals surface area contributed by atoms with Crippen LogP contribution in [0, 0.1) is 11.8 Å². The van der Waals surface area contributed by atoms with E-state index < -0.39 is 11.7 Å². The van der Waals surface area contributed by atoms with Gasteiger partial charge in [-0.1, -0.05) is 30.3 Å². The number of fused-ring (bicyclic) bond motifs is 1. The molecule has 2 aromatic rings. The monoisotopic (exact) mass is 354 g/mol. The molecule has 4 atom stereocenters. The number of aromatic nitrogens is 1. The molecule has 0 amide bonds. The molecular formula is C21H26N2O3. The minimum atomic E-state index is -0.655. The molecule has 1 saturated heterocycles. The highest BCUT2D eigenvalue weighted by atomic mass is 16.3. The zero-order chi connectivity index (χ0) is 18.1. The number of nitrogens with zero attached hydrogens (tertiary/aromatic N) is 2. The highest BCUT2D eigenvalue weighted by Gasteiger charge is 2.48. The molecule has 1 saturated carbocycles. The summed E-state index contributed by atoms with van der Waals surface area (Å²) in [6.07, 6.45) is 3.09. The number of rotatable bonds is 5. The molecule has 2 aliphatic rings. The van der Waals surface area contributed by atoms with Gasteiger partial charge in [0.15, 0.2) is 0 Å². The molecule has 0 spiro atoms. The third-order valence-electron chi connectivity index (χ3n) is 5.86. The quantitative estimate of drug-likeness (QED) is 0.767. The van der Waals surface area contributed by atoms with Gasteiger partial charge in [0.1, 0.15) is 11.9 Å². The van der Waals surface area contributed by atoms with Crippen LogP contribution in [-0.2, 0) is 6.42 Å². The van der Waals surface area contributed by atoms with Crippen molar-refractivity contribution >= 4 is 0 Å². The second kappa shape index (κ2) is 6.99. The van der Waals surface area contributed by atoms with E-state index in [0.29, 0.717) is 24.1 Å². The van der Waals surface area contributed by atoms with Crippen molar-refractivity contribution in [2.24, 2.45) is 11.8 Å². The first kappa shape index (κ1) is 17.5. The molecule has 5 nitrogen and oxygen atoms in total. The van der Waals surface area contributed by atoms with Gasteiger partial charge in [0.05, 0.1) is 17.5 Å². The average molecular weight is 354 g/mol. The van der Waals surface area contributed by atoms with Crippen molar-refractivity contribution in [1.82, 2.24) is 9.88 Å². The first-order chi connectivity index (χ1) is 12.5. The topological polar surface area (TPSA) is 76.8 Å². The molecule has 1 aliphatic carbocycles. The maximum absolute atomic E-state index is 11.0. The Morgan fingerprint density at radius 1 is 1.08 bits per heavy atom. The summed E-state index contributed by atoms with van der Waals surface area (Å²) in [5.41, 5.74) is 1.18. The van der Waals surface area contributed by atoms with Crippen LogP contribution in [-0.4, -0.2) is 50.4 Å². The van der Waals surface area contributed by atoms with E-state index in [2.05, 4.69) is 22.0 Å². The Bertz CT molecular complexity index is 721. The van der Waals surface area contributed by atoms with Gasteiger partial charge in [0, 0.05) is 26.1 Å². The minimum Gasteiger partial charge on any atom is -0.506 e. The van der Waals surface area contributed by atoms with Crippen molar-refractivity contribution in [3.05, 3.63) is 59.9 Å². The summed E-state index contributed by atoms with van der Waals surface area (Å²) in [6, 6.07) is 13.4. The van der Waals surface area contributed by atoms with Gasteiger partial charge in [-0.2, -0.15) is 0 Å². The van der Waals surface area contributed by atoms with Crippen molar-refractivity contribution < 1.29 is 15.3 Å². The van der Waals surface area contributed by atoms with Crippen LogP contribution in [0.15, 0.2) is 48.7 Å². The molecule has 1 aromatic heterocycles. The zero-order valence-corrected chi connectivity index (χ0v) is 14.8. The number of β-amino-alcohol motifs (C(OH)–C–C–N with tert-alkyl or cyclic N) is 1. The third-order valence-corrected chi connectivity index (χ3v) is 5.86. The minimum absolute atomic E-state index is 0.106. The van der Waals surface area contributed by atoms with Crippen LogP contribution in [0.25, 0.3) is 0 Å². The predicted octanol–water partition coefficient (Wildman–Crippen LogP) is 2.14. The molecule has 3 N–H and O–H groups in total. The van der Waals surface area contributed by atoms with Crippen molar-refractivity contribution in [3.8, 4) is 5.75 Å². The van der Waals surface area contributed by atoms with Gasteiger partial charge in [-0.3, -0.25) is 9.88 Å². The molecule has 0 radical (unpaired) electrons. The van der Waals surface area contributed by atoms with Gasteiger partial charge in [0.2, 0.25) is 0 Å². The number of benzene rings is 1. The van der Waals surface area contributed by atoms with Crippen LogP contribution in [0.3, 0.4) is 0 Å². The molecule has 26 heavy (non-hydrogen) atoms. The summed E-state index contributed by atoms with van der Waals surface area (Å²) in [5.74, 6) is 1.08. The summed E-state index contributed by atoms with van der Waals surface area (Å²) < 4.78 is 0. The van der Waals surface area contributed by atoms with Crippen molar-refractivity contribution in [2.75, 3.05) is 19.6 Å². The van der Waals surface area contributed by atoms with E-state index in [-0.39, 0.29) is 5.75 Å². The van der Waals surface area contributed by atoms with Gasteiger partial charge < -0.3 is 15.3 Å². The lowest BCUT2D eigenvalue weighted by Gasteiger charge is -2.27. The maximum Gasteiger partial charge on any atom is 0.133 e. The first-order valence-electron chi connectivity index (χ1n) is 9.32. The first-order valence-corrected chi connectivity index (χ1v) is 9.32. The summed E-state index contributed by atoms with van der Waals surface area (Å²) >= 11 is 0. The fraction of sp³-hybridized carbons (Fsp3) is 0.476. The molecule has 138 valence electrons. The SMILES string of the molecule is Oc1ccc([C@@H](O)CN2CC3CC(O)(Cc4ccccc4)C[C@H]3C2)nc1. The standard InChI is InChI=1S/C21H26N2O3/c24-18-6-7-19(22-11-18)20(25)14-23-12-16-9-21(26,10-17(16)13-23)8-15-4-2-1-3-5-15/h1-7,11,16-17,20,24-26H,8-10,12-14H2/t16-,17?,20-,21?/m0/s1. The number of likely N-dealkylation sites (tertiary alicyclic amines) is 1. The summed E-state index contributed by atoms with van der Waals surface area (Å²) in [7, 11) is 0. The Hall–Kier alpha value is -1.95. The van der Waals surface area contributed by atoms with Crippen LogP contribution >= 0.6 is 0 Å². The van der Waals surface area contributed by atoms with Crippen molar-refractivity contribution in [2.45, 2.75) is 31.0 Å². The number of aliphatic hydroxyl groups is 2. The molecule has 0 bridgehead atoms. The Morgan fingerprint density at radius 2 is 1.77 bits per heavy atom. The number of pyridine rings is 1. The normalized spacial score (nSPS) is 29.6. The summed E-state index contributed by atoms with van der Waals surface area (Å²) in [5, 5.41) is 30.7. The third kappa shape index (κ3) is 3.75. The lowest BCUT2D eigenvalue weighted by molar-refractivity contribution is 0.0327. The lowest BCUT2D eigenvalue weighted by Crippen LogP contribution is -2.33. The van der Waals surface area contributed by atoms with Gasteiger partial charge >= 0.3 is 0 Å². The second-order valence-electron chi connectivity index (χ2n) is 7.99. The predicted molar refractivity (Wildman–Crippen MR) is 98.6 cm³/mol. The van der Waals surface area contributed by atoms with E-state index in [4.69, 9.17) is 0 Å². The zero-order valence-electron chi connectivity index (χ0n) is 14.8. The van der Waals surface area contributed by atoms with E-state index in [1.807, 2.05) is 18.2 Å². The van der Waals surface area contributed by atoms with Gasteiger partial charge in [0.25, 0.3) is 0 Å². The second-order valence-corrected chi connectivity index (χ2v) is 7.99. The molecule has 5 heteroatoms. The van der Waals surface area contributed by atoms with Crippen LogP contribution in [0.2, 0.25) is 0 Å². The highest BCUT2D eigenvalue weighted by Crippen LogP contribution is 2.45. The fourth-order valence-corrected chi connectivity index (χ4v) is 4.76. The molecule has 1 aromatic carbocycles. The molecule has 2 unspecified atom stereocenters. The summed E-state index contributed by atoms with van der Waals surface area (Å²) in [4.78, 5) is 6.37. The smallest absolute Gasteiger partial charge is 0.133 e. The van der Waals surface area contributed by atoms with Crippen molar-refractivity contribution in [3.63, 3.8) is 0 Å². The molecular weight excluding hydrogens is 328 g/mol. The lowest BCUT2D eigenvalue weighted by atomic mass is 9.91. The van der Waals surface area contributed by atoms with E-state index >= 15 is 0 Å². The van der Waals surface area contributed by atoms with Gasteiger partial charge in [-0.25, -0.2) is 0 Å². The highest BCUT2D eigenvalue weighted by molar-refractivity contribution is 5.20. The van der Waals surface area contributed by atoms with Gasteiger partial charge in [-0.15, -0.1) is 0 Å². The van der Waals surface area contributed by atoms with E-state index in [1.54, 1.807) is 12.1 Å². The van der Waals surface area contributed by atoms with E-state index in [0.717, 1.165) is 32.4 Å². The largest absolute Gasteiger partial charge is 0.506 e. The average Bonchev–Trinajstić information content (AvgIpc) is 3.10. The van der Waals surface area contributed by atoms with Crippen LogP contribution < -0.4 is 0 Å². The molecule has 2 heterocycles. The fourth-order valence-electron chi connectivity index (χ4n) is 4.76. The number of hydrogen-bond acceptors (Lipinski definition) is 5. The molecule has 2 fully saturated rings. The van der Waals surface area contributed by atoms with Crippen LogP contribution in [0.5, 0.6) is 5.75 Å². The Balaban J connectivity index is 1.32. The number of aliphatic hydroxyl groups excluding tert-OH is 1. The van der Waals surface area contributed by atoms with E-state index in [9.17, 15) is 15.3 Å². The van der Waals surface area contributed by atoms with Crippen LogP contribution in [0.4, 0.5) is 0 Å². The van der Waals surface area contributed by atoms with E-state index in [1.165, 1.54) is 11.8 Å². The Labute approximate surface area is 153 Å². The number of hydrogen-bond donors (Lipinski definition) is 3. The maximum atomic E-state index is 11.0. The molecule has 1 aliphatic heterocycles. The van der Waals surface area contributed by atoms with Gasteiger partial charge in [-0.05, 0) is 42.4 Å². The Morgan fingerprint density at radius 3 is 2.38 bits per heavy atom.